The van der Waals surface area contributed by atoms with E-state index < -0.39 is 40.8 Å². The number of amides is 1. The van der Waals surface area contributed by atoms with Crippen LogP contribution in [-0.2, 0) is 22.1 Å². The minimum absolute atomic E-state index is 0.0411. The van der Waals surface area contributed by atoms with Gasteiger partial charge in [-0.25, -0.2) is 9.48 Å². The number of halogens is 3. The van der Waals surface area contributed by atoms with Crippen LogP contribution in [0.15, 0.2) is 65.6 Å². The number of hydrogen-bond acceptors (Lipinski definition) is 5. The molecule has 0 saturated carbocycles. The van der Waals surface area contributed by atoms with Crippen LogP contribution in [0.2, 0.25) is 0 Å². The molecule has 186 valence electrons. The van der Waals surface area contributed by atoms with Crippen LogP contribution in [0.25, 0.3) is 16.6 Å². The fourth-order valence-electron chi connectivity index (χ4n) is 3.93. The van der Waals surface area contributed by atoms with Crippen molar-refractivity contribution < 1.29 is 27.5 Å². The van der Waals surface area contributed by atoms with E-state index in [0.717, 1.165) is 40.4 Å². The zero-order valence-electron chi connectivity index (χ0n) is 19.2. The molecule has 2 N–H and O–H groups in total. The molecule has 4 rings (SSSR count). The van der Waals surface area contributed by atoms with Crippen LogP contribution in [-0.4, -0.2) is 39.8 Å². The standard InChI is InChI=1S/C25H21F3N4O4/c1-14-11-21(33)22(31-32(14)20-10-6-4-8-17(20)25(26,27)28)23(34)30-19(24(35)36-2)12-15-13-29-18-9-5-3-7-16(15)18/h3-11,13,19,29H,12H2,1-2H3,(H,30,34). The van der Waals surface area contributed by atoms with Crippen molar-refractivity contribution in [2.75, 3.05) is 7.11 Å². The predicted octanol–water partition coefficient (Wildman–Crippen LogP) is 3.56. The Hall–Kier alpha value is -4.41. The van der Waals surface area contributed by atoms with Crippen molar-refractivity contribution in [2.24, 2.45) is 0 Å². The number of esters is 1. The molecule has 0 radical (unpaired) electrons. The average Bonchev–Trinajstić information content (AvgIpc) is 3.25. The molecule has 8 nitrogen and oxygen atoms in total. The fraction of sp³-hybridized carbons (Fsp3) is 0.200. The van der Waals surface area contributed by atoms with Crippen molar-refractivity contribution in [2.45, 2.75) is 25.6 Å². The summed E-state index contributed by atoms with van der Waals surface area (Å²) in [5.41, 5.74) is -1.16. The Bertz CT molecular complexity index is 1510. The Morgan fingerprint density at radius 3 is 2.56 bits per heavy atom. The van der Waals surface area contributed by atoms with E-state index in [9.17, 15) is 27.6 Å². The summed E-state index contributed by atoms with van der Waals surface area (Å²) in [5, 5.41) is 7.21. The number of para-hydroxylation sites is 2. The second-order valence-corrected chi connectivity index (χ2v) is 8.04. The summed E-state index contributed by atoms with van der Waals surface area (Å²) in [6.07, 6.45) is -2.96. The molecule has 1 amide bonds. The van der Waals surface area contributed by atoms with E-state index in [1.807, 2.05) is 24.3 Å². The largest absolute Gasteiger partial charge is 0.467 e. The number of fused-ring (bicyclic) bond motifs is 1. The van der Waals surface area contributed by atoms with Gasteiger partial charge in [-0.05, 0) is 30.7 Å². The number of ether oxygens (including phenoxy) is 1. The number of carbonyl (C=O) groups is 2. The molecule has 0 saturated heterocycles. The number of carbonyl (C=O) groups excluding carboxylic acids is 2. The van der Waals surface area contributed by atoms with Crippen molar-refractivity contribution in [3.63, 3.8) is 0 Å². The molecule has 0 spiro atoms. The lowest BCUT2D eigenvalue weighted by molar-refractivity contribution is -0.143. The topological polar surface area (TPSA) is 106 Å². The second kappa shape index (κ2) is 9.68. The van der Waals surface area contributed by atoms with Crippen LogP contribution in [0.3, 0.4) is 0 Å². The van der Waals surface area contributed by atoms with E-state index in [4.69, 9.17) is 4.74 Å². The molecule has 0 aliphatic carbocycles. The quantitative estimate of drug-likeness (QED) is 0.396. The van der Waals surface area contributed by atoms with Gasteiger partial charge >= 0.3 is 12.1 Å². The first kappa shape index (κ1) is 24.7. The van der Waals surface area contributed by atoms with Crippen LogP contribution in [0.5, 0.6) is 0 Å². The summed E-state index contributed by atoms with van der Waals surface area (Å²) in [6.45, 7) is 1.40. The minimum Gasteiger partial charge on any atom is -0.467 e. The Kier molecular flexibility index (Phi) is 6.65. The molecule has 0 aliphatic rings. The third kappa shape index (κ3) is 4.85. The number of benzene rings is 2. The third-order valence-corrected chi connectivity index (χ3v) is 5.65. The number of H-pyrrole nitrogens is 1. The highest BCUT2D eigenvalue weighted by Crippen LogP contribution is 2.33. The highest BCUT2D eigenvalue weighted by atomic mass is 19.4. The van der Waals surface area contributed by atoms with Crippen LogP contribution >= 0.6 is 0 Å². The molecule has 1 atom stereocenters. The van der Waals surface area contributed by atoms with Crippen molar-refractivity contribution in [1.29, 1.82) is 0 Å². The molecule has 4 aromatic rings. The van der Waals surface area contributed by atoms with Crippen molar-refractivity contribution in [3.8, 4) is 5.69 Å². The molecular formula is C25H21F3N4O4. The van der Waals surface area contributed by atoms with Gasteiger partial charge in [-0.15, -0.1) is 0 Å². The summed E-state index contributed by atoms with van der Waals surface area (Å²) in [6, 6.07) is 11.9. The predicted molar refractivity (Wildman–Crippen MR) is 125 cm³/mol. The maximum Gasteiger partial charge on any atom is 0.418 e. The molecule has 0 aliphatic heterocycles. The van der Waals surface area contributed by atoms with Crippen LogP contribution < -0.4 is 10.7 Å². The molecule has 0 fully saturated rings. The van der Waals surface area contributed by atoms with Gasteiger partial charge in [0.2, 0.25) is 5.43 Å². The van der Waals surface area contributed by atoms with Gasteiger partial charge in [0.15, 0.2) is 5.69 Å². The van der Waals surface area contributed by atoms with Crippen molar-refractivity contribution in [1.82, 2.24) is 20.1 Å². The normalized spacial score (nSPS) is 12.4. The number of aromatic nitrogens is 3. The van der Waals surface area contributed by atoms with E-state index in [1.165, 1.54) is 25.1 Å². The first-order valence-electron chi connectivity index (χ1n) is 10.8. The van der Waals surface area contributed by atoms with Crippen molar-refractivity contribution >= 4 is 22.8 Å². The number of hydrogen-bond donors (Lipinski definition) is 2. The van der Waals surface area contributed by atoms with E-state index in [2.05, 4.69) is 15.4 Å². The van der Waals surface area contributed by atoms with Gasteiger partial charge < -0.3 is 15.0 Å². The highest BCUT2D eigenvalue weighted by molar-refractivity contribution is 5.95. The second-order valence-electron chi connectivity index (χ2n) is 8.04. The molecule has 11 heteroatoms. The van der Waals surface area contributed by atoms with Gasteiger partial charge in [-0.2, -0.15) is 18.3 Å². The third-order valence-electron chi connectivity index (χ3n) is 5.65. The number of aryl methyl sites for hydroxylation is 1. The van der Waals surface area contributed by atoms with Gasteiger partial charge in [-0.3, -0.25) is 9.59 Å². The highest BCUT2D eigenvalue weighted by Gasteiger charge is 2.34. The number of aromatic amines is 1. The lowest BCUT2D eigenvalue weighted by Crippen LogP contribution is -2.45. The molecule has 2 aromatic heterocycles. The smallest absolute Gasteiger partial charge is 0.418 e. The van der Waals surface area contributed by atoms with Gasteiger partial charge in [0.25, 0.3) is 5.91 Å². The number of alkyl halides is 3. The van der Waals surface area contributed by atoms with Gasteiger partial charge in [0.05, 0.1) is 18.4 Å². The zero-order valence-corrected chi connectivity index (χ0v) is 19.2. The Balaban J connectivity index is 1.69. The SMILES string of the molecule is COC(=O)C(Cc1c[nH]c2ccccc12)NC(=O)c1nn(-c2ccccc2C(F)(F)F)c(C)cc1=O. The number of methoxy groups -OCH3 is 1. The van der Waals surface area contributed by atoms with Crippen molar-refractivity contribution in [3.05, 3.63) is 93.5 Å². The summed E-state index contributed by atoms with van der Waals surface area (Å²) in [5.74, 6) is -1.78. The minimum atomic E-state index is -4.69. The lowest BCUT2D eigenvalue weighted by atomic mass is 10.0. The first-order valence-corrected chi connectivity index (χ1v) is 10.8. The molecular weight excluding hydrogens is 477 g/mol. The summed E-state index contributed by atoms with van der Waals surface area (Å²) >= 11 is 0. The van der Waals surface area contributed by atoms with Gasteiger partial charge in [-0.1, -0.05) is 30.3 Å². The maximum absolute atomic E-state index is 13.6. The Morgan fingerprint density at radius 2 is 1.83 bits per heavy atom. The zero-order chi connectivity index (χ0) is 26.0. The molecule has 0 bridgehead atoms. The molecule has 2 aromatic carbocycles. The maximum atomic E-state index is 13.6. The summed E-state index contributed by atoms with van der Waals surface area (Å²) < 4.78 is 46.4. The summed E-state index contributed by atoms with van der Waals surface area (Å²) in [7, 11) is 1.15. The van der Waals surface area contributed by atoms with E-state index >= 15 is 0 Å². The molecule has 2 heterocycles. The number of nitrogens with zero attached hydrogens (tertiary/aromatic N) is 2. The fourth-order valence-corrected chi connectivity index (χ4v) is 3.93. The summed E-state index contributed by atoms with van der Waals surface area (Å²) in [4.78, 5) is 41.1. The molecule has 36 heavy (non-hydrogen) atoms. The average molecular weight is 498 g/mol. The van der Waals surface area contributed by atoms with Gasteiger partial charge in [0, 0.05) is 35.3 Å². The monoisotopic (exact) mass is 498 g/mol. The van der Waals surface area contributed by atoms with Crippen LogP contribution in [0.1, 0.15) is 27.3 Å². The number of rotatable bonds is 6. The van der Waals surface area contributed by atoms with E-state index in [-0.39, 0.29) is 17.8 Å². The van der Waals surface area contributed by atoms with E-state index in [0.29, 0.717) is 0 Å². The Morgan fingerprint density at radius 1 is 1.14 bits per heavy atom. The number of nitrogens with one attached hydrogen (secondary N) is 2. The lowest BCUT2D eigenvalue weighted by Gasteiger charge is -2.18. The first-order chi connectivity index (χ1) is 17.1. The Labute approximate surface area is 202 Å². The van der Waals surface area contributed by atoms with Gasteiger partial charge in [0.1, 0.15) is 6.04 Å². The van der Waals surface area contributed by atoms with E-state index in [1.54, 1.807) is 6.20 Å². The van der Waals surface area contributed by atoms with Crippen LogP contribution in [0, 0.1) is 6.92 Å². The molecule has 1 unspecified atom stereocenters. The van der Waals surface area contributed by atoms with Crippen LogP contribution in [0.4, 0.5) is 13.2 Å².